The van der Waals surface area contributed by atoms with Gasteiger partial charge < -0.3 is 37.4 Å². The van der Waals surface area contributed by atoms with Gasteiger partial charge in [0, 0.05) is 26.1 Å². The van der Waals surface area contributed by atoms with Crippen LogP contribution in [0.25, 0.3) is 0 Å². The summed E-state index contributed by atoms with van der Waals surface area (Å²) in [6.45, 7) is 7.54. The summed E-state index contributed by atoms with van der Waals surface area (Å²) < 4.78 is 0. The number of aliphatic hydroxyl groups is 3. The normalized spacial score (nSPS) is 43.8. The van der Waals surface area contributed by atoms with Crippen LogP contribution in [0.4, 0.5) is 0 Å². The van der Waals surface area contributed by atoms with Gasteiger partial charge in [0.25, 0.3) is 0 Å². The molecule has 0 heterocycles. The minimum absolute atomic E-state index is 0.0423. The van der Waals surface area contributed by atoms with Gasteiger partial charge in [-0.1, -0.05) is 20.8 Å². The summed E-state index contributed by atoms with van der Waals surface area (Å²) in [6, 6.07) is -0.733. The lowest BCUT2D eigenvalue weighted by Gasteiger charge is -2.63. The molecule has 4 rings (SSSR count). The van der Waals surface area contributed by atoms with Gasteiger partial charge in [-0.2, -0.15) is 0 Å². The van der Waals surface area contributed by atoms with Crippen molar-refractivity contribution in [2.75, 3.05) is 19.6 Å². The topological polar surface area (TPSA) is 171 Å². The lowest BCUT2D eigenvalue weighted by molar-refractivity contribution is -0.207. The minimum atomic E-state index is -0.733. The predicted octanol–water partition coefficient (Wildman–Crippen LogP) is 0.883. The zero-order valence-corrected chi connectivity index (χ0v) is 23.6. The third kappa shape index (κ3) is 5.38. The van der Waals surface area contributed by atoms with Gasteiger partial charge in [0.2, 0.25) is 11.8 Å². The summed E-state index contributed by atoms with van der Waals surface area (Å²) in [7, 11) is 0. The largest absolute Gasteiger partial charge is 0.393 e. The first-order valence-electron chi connectivity index (χ1n) is 15.0. The van der Waals surface area contributed by atoms with Crippen molar-refractivity contribution in [3.05, 3.63) is 0 Å². The standard InChI is InChI=1S/C29H52N4O5/c1-16(4-7-25(37)32-10-11-33-27(38)22(31)15-30)19-5-6-20-26-21(14-24(36)29(19,20)3)28(2)9-8-18(34)12-17(28)13-23(26)35/h16-24,26,34-36H,4-15,30-31H2,1-3H3,(H,32,37)(H,33,38)/t16-,17+,18-,19-,20+,21+,22?,23-,24+,26+,28+,29-/m1/s1. The molecule has 9 N–H and O–H groups in total. The Labute approximate surface area is 227 Å². The number of amides is 2. The average molecular weight is 537 g/mol. The van der Waals surface area contributed by atoms with Gasteiger partial charge in [-0.05, 0) is 97.7 Å². The molecule has 0 radical (unpaired) electrons. The maximum atomic E-state index is 12.5. The lowest BCUT2D eigenvalue weighted by Crippen LogP contribution is -2.62. The van der Waals surface area contributed by atoms with E-state index in [-0.39, 0.29) is 65.1 Å². The van der Waals surface area contributed by atoms with E-state index >= 15 is 0 Å². The Hall–Kier alpha value is -1.26. The van der Waals surface area contributed by atoms with Gasteiger partial charge in [-0.25, -0.2) is 0 Å². The number of hydrogen-bond acceptors (Lipinski definition) is 7. The first kappa shape index (κ1) is 29.7. The molecule has 0 bridgehead atoms. The average Bonchev–Trinajstić information content (AvgIpc) is 3.24. The van der Waals surface area contributed by atoms with Crippen molar-refractivity contribution < 1.29 is 24.9 Å². The fraction of sp³-hybridized carbons (Fsp3) is 0.931. The van der Waals surface area contributed by atoms with E-state index in [0.29, 0.717) is 31.3 Å². The Bertz CT molecular complexity index is 859. The summed E-state index contributed by atoms with van der Waals surface area (Å²) >= 11 is 0. The number of rotatable bonds is 9. The quantitative estimate of drug-likeness (QED) is 0.214. The van der Waals surface area contributed by atoms with E-state index in [9.17, 15) is 24.9 Å². The number of aliphatic hydroxyl groups excluding tert-OH is 3. The molecule has 2 amide bonds. The minimum Gasteiger partial charge on any atom is -0.393 e. The summed E-state index contributed by atoms with van der Waals surface area (Å²) in [5.74, 6) is 1.30. The summed E-state index contributed by atoms with van der Waals surface area (Å²) in [5, 5.41) is 39.0. The fourth-order valence-electron chi connectivity index (χ4n) is 9.41. The molecule has 12 atom stereocenters. The monoisotopic (exact) mass is 536 g/mol. The Balaban J connectivity index is 1.34. The van der Waals surface area contributed by atoms with Crippen LogP contribution in [0.2, 0.25) is 0 Å². The maximum Gasteiger partial charge on any atom is 0.238 e. The highest BCUT2D eigenvalue weighted by Gasteiger charge is 2.65. The Morgan fingerprint density at radius 1 is 1.00 bits per heavy atom. The van der Waals surface area contributed by atoms with E-state index in [0.717, 1.165) is 51.4 Å². The van der Waals surface area contributed by atoms with Crippen LogP contribution in [0.3, 0.4) is 0 Å². The van der Waals surface area contributed by atoms with Crippen LogP contribution in [0.1, 0.15) is 78.6 Å². The molecule has 0 aromatic rings. The van der Waals surface area contributed by atoms with Crippen LogP contribution in [-0.2, 0) is 9.59 Å². The number of hydrogen-bond donors (Lipinski definition) is 7. The molecule has 218 valence electrons. The second-order valence-corrected chi connectivity index (χ2v) is 13.5. The van der Waals surface area contributed by atoms with E-state index in [1.807, 2.05) is 0 Å². The van der Waals surface area contributed by atoms with Crippen LogP contribution in [-0.4, -0.2) is 71.1 Å². The van der Waals surface area contributed by atoms with Crippen molar-refractivity contribution in [3.8, 4) is 0 Å². The zero-order chi connectivity index (χ0) is 27.8. The molecule has 4 aliphatic carbocycles. The van der Waals surface area contributed by atoms with Gasteiger partial charge in [0.15, 0.2) is 0 Å². The predicted molar refractivity (Wildman–Crippen MR) is 145 cm³/mol. The van der Waals surface area contributed by atoms with Crippen LogP contribution >= 0.6 is 0 Å². The van der Waals surface area contributed by atoms with E-state index in [4.69, 9.17) is 11.5 Å². The molecule has 4 fully saturated rings. The van der Waals surface area contributed by atoms with Crippen LogP contribution in [0.5, 0.6) is 0 Å². The molecular weight excluding hydrogens is 484 g/mol. The lowest BCUT2D eigenvalue weighted by atomic mass is 9.43. The second-order valence-electron chi connectivity index (χ2n) is 13.5. The number of carbonyl (C=O) groups excluding carboxylic acids is 2. The van der Waals surface area contributed by atoms with Gasteiger partial charge in [0.1, 0.15) is 0 Å². The van der Waals surface area contributed by atoms with Crippen molar-refractivity contribution in [2.45, 2.75) is 103 Å². The molecule has 0 aromatic carbocycles. The third-order valence-electron chi connectivity index (χ3n) is 11.7. The summed E-state index contributed by atoms with van der Waals surface area (Å²) in [4.78, 5) is 24.2. The molecule has 9 nitrogen and oxygen atoms in total. The van der Waals surface area contributed by atoms with E-state index in [1.54, 1.807) is 0 Å². The van der Waals surface area contributed by atoms with Crippen molar-refractivity contribution in [1.82, 2.24) is 10.6 Å². The van der Waals surface area contributed by atoms with Crippen LogP contribution < -0.4 is 22.1 Å². The number of nitrogens with two attached hydrogens (primary N) is 2. The first-order valence-corrected chi connectivity index (χ1v) is 15.0. The van der Waals surface area contributed by atoms with E-state index in [1.165, 1.54) is 0 Å². The summed E-state index contributed by atoms with van der Waals surface area (Å²) in [5.41, 5.74) is 10.8. The highest BCUT2D eigenvalue weighted by atomic mass is 16.3. The molecule has 1 unspecified atom stereocenters. The number of fused-ring (bicyclic) bond motifs is 5. The maximum absolute atomic E-state index is 12.5. The molecule has 0 spiro atoms. The molecule has 9 heteroatoms. The zero-order valence-electron chi connectivity index (χ0n) is 23.6. The van der Waals surface area contributed by atoms with E-state index in [2.05, 4.69) is 31.4 Å². The number of nitrogens with one attached hydrogen (secondary N) is 2. The molecule has 0 aliphatic heterocycles. The molecular formula is C29H52N4O5. The highest BCUT2D eigenvalue weighted by molar-refractivity contribution is 5.81. The smallest absolute Gasteiger partial charge is 0.238 e. The Kier molecular flexibility index (Phi) is 9.14. The van der Waals surface area contributed by atoms with Crippen molar-refractivity contribution in [3.63, 3.8) is 0 Å². The summed E-state index contributed by atoms with van der Waals surface area (Å²) in [6.07, 6.45) is 6.16. The fourth-order valence-corrected chi connectivity index (χ4v) is 9.41. The third-order valence-corrected chi connectivity index (χ3v) is 11.7. The molecule has 0 aromatic heterocycles. The van der Waals surface area contributed by atoms with Crippen molar-refractivity contribution in [1.29, 1.82) is 0 Å². The molecule has 4 saturated carbocycles. The van der Waals surface area contributed by atoms with Crippen molar-refractivity contribution >= 4 is 11.8 Å². The van der Waals surface area contributed by atoms with Gasteiger partial charge in [-0.3, -0.25) is 9.59 Å². The highest BCUT2D eigenvalue weighted by Crippen LogP contribution is 2.68. The first-order chi connectivity index (χ1) is 17.9. The van der Waals surface area contributed by atoms with Gasteiger partial charge in [0.05, 0.1) is 24.4 Å². The Morgan fingerprint density at radius 3 is 2.42 bits per heavy atom. The van der Waals surface area contributed by atoms with Crippen LogP contribution in [0, 0.1) is 46.3 Å². The van der Waals surface area contributed by atoms with Gasteiger partial charge in [-0.15, -0.1) is 0 Å². The molecule has 4 aliphatic rings. The second kappa shape index (κ2) is 11.7. The Morgan fingerprint density at radius 2 is 1.71 bits per heavy atom. The van der Waals surface area contributed by atoms with E-state index < -0.39 is 12.1 Å². The van der Waals surface area contributed by atoms with Crippen LogP contribution in [0.15, 0.2) is 0 Å². The molecule has 0 saturated heterocycles. The SMILES string of the molecule is C[C@H](CCC(=O)NCCNC(=O)C(N)CN)[C@H]1CC[C@H]2[C@@H]3[C@H](O)C[C@@H]4C[C@H](O)CC[C@]4(C)[C@H]3C[C@H](O)[C@]12C. The molecule has 38 heavy (non-hydrogen) atoms. The number of carbonyl (C=O) groups is 2. The van der Waals surface area contributed by atoms with Gasteiger partial charge >= 0.3 is 0 Å². The van der Waals surface area contributed by atoms with Crippen molar-refractivity contribution in [2.24, 2.45) is 57.8 Å².